The summed E-state index contributed by atoms with van der Waals surface area (Å²) in [6, 6.07) is 10.4. The van der Waals surface area contributed by atoms with Gasteiger partial charge >= 0.3 is 0 Å². The lowest BCUT2D eigenvalue weighted by Gasteiger charge is -2.21. The fraction of sp³-hybridized carbons (Fsp3) is 0.800. The Kier molecular flexibility index (Phi) is 21.8. The van der Waals surface area contributed by atoms with Crippen LogP contribution in [0.1, 0.15) is 116 Å². The van der Waals surface area contributed by atoms with E-state index in [2.05, 4.69) is 49.9 Å². The van der Waals surface area contributed by atoms with Crippen LogP contribution in [0.2, 0.25) is 0 Å². The van der Waals surface area contributed by atoms with Gasteiger partial charge < -0.3 is 4.74 Å². The van der Waals surface area contributed by atoms with E-state index in [9.17, 15) is 0 Å². The van der Waals surface area contributed by atoms with Gasteiger partial charge in [0, 0.05) is 13.1 Å². The maximum Gasteiger partial charge on any atom is 0.0949 e. The Morgan fingerprint density at radius 2 is 1.24 bits per heavy atom. The third kappa shape index (κ3) is 18.4. The topological polar surface area (TPSA) is 30.9 Å². The third-order valence-electron chi connectivity index (χ3n) is 6.56. The van der Waals surface area contributed by atoms with Gasteiger partial charge in [0.1, 0.15) is 0 Å². The van der Waals surface area contributed by atoms with Crippen molar-refractivity contribution >= 4 is 0 Å². The standard InChI is InChI=1S/C30H55NO3/c1-4-7-9-11-13-18-22-30(23-19-14-12-10-8-5-2)34-33-27-25-31(6-3)24-26-32-28-29-20-16-15-17-21-29/h15-17,20-21,30H,4-14,18-19,22-28H2,1-3H3. The van der Waals surface area contributed by atoms with Crippen molar-refractivity contribution in [2.75, 3.05) is 32.8 Å². The summed E-state index contributed by atoms with van der Waals surface area (Å²) in [4.78, 5) is 14.0. The van der Waals surface area contributed by atoms with Gasteiger partial charge in [-0.25, -0.2) is 9.78 Å². The summed E-state index contributed by atoms with van der Waals surface area (Å²) in [7, 11) is 0. The van der Waals surface area contributed by atoms with Crippen LogP contribution >= 0.6 is 0 Å². The molecule has 0 aromatic heterocycles. The highest BCUT2D eigenvalue weighted by Gasteiger charge is 2.11. The molecule has 0 unspecified atom stereocenters. The summed E-state index contributed by atoms with van der Waals surface area (Å²) < 4.78 is 5.84. The number of unbranched alkanes of at least 4 members (excludes halogenated alkanes) is 10. The number of rotatable bonds is 25. The zero-order valence-electron chi connectivity index (χ0n) is 22.8. The Morgan fingerprint density at radius 3 is 1.82 bits per heavy atom. The van der Waals surface area contributed by atoms with Crippen molar-refractivity contribution < 1.29 is 14.5 Å². The Balaban J connectivity index is 2.19. The van der Waals surface area contributed by atoms with Crippen molar-refractivity contribution in [1.82, 2.24) is 4.90 Å². The first-order valence-corrected chi connectivity index (χ1v) is 14.4. The molecule has 0 heterocycles. The molecule has 0 atom stereocenters. The van der Waals surface area contributed by atoms with Crippen LogP contribution in [-0.2, 0) is 21.1 Å². The van der Waals surface area contributed by atoms with E-state index < -0.39 is 0 Å². The fourth-order valence-electron chi connectivity index (χ4n) is 4.24. The molecule has 4 nitrogen and oxygen atoms in total. The van der Waals surface area contributed by atoms with Gasteiger partial charge in [-0.05, 0) is 24.9 Å². The monoisotopic (exact) mass is 477 g/mol. The van der Waals surface area contributed by atoms with E-state index in [1.807, 2.05) is 6.07 Å². The highest BCUT2D eigenvalue weighted by molar-refractivity contribution is 5.13. The number of hydrogen-bond donors (Lipinski definition) is 0. The molecule has 1 rings (SSSR count). The van der Waals surface area contributed by atoms with E-state index in [0.717, 1.165) is 39.1 Å². The largest absolute Gasteiger partial charge is 0.375 e. The summed E-state index contributed by atoms with van der Waals surface area (Å²) in [6.45, 7) is 11.6. The number of ether oxygens (including phenoxy) is 1. The predicted molar refractivity (Wildman–Crippen MR) is 145 cm³/mol. The van der Waals surface area contributed by atoms with Crippen molar-refractivity contribution in [3.63, 3.8) is 0 Å². The molecule has 1 aromatic carbocycles. The quantitative estimate of drug-likeness (QED) is 0.0804. The van der Waals surface area contributed by atoms with Gasteiger partial charge in [0.15, 0.2) is 0 Å². The van der Waals surface area contributed by atoms with Crippen LogP contribution in [0, 0.1) is 0 Å². The number of benzene rings is 1. The van der Waals surface area contributed by atoms with Crippen LogP contribution in [0.25, 0.3) is 0 Å². The van der Waals surface area contributed by atoms with Crippen LogP contribution in [0.15, 0.2) is 30.3 Å². The summed E-state index contributed by atoms with van der Waals surface area (Å²) in [5, 5.41) is 0. The molecule has 0 saturated carbocycles. The Hall–Kier alpha value is -0.940. The second kappa shape index (κ2) is 23.8. The van der Waals surface area contributed by atoms with Crippen LogP contribution < -0.4 is 0 Å². The summed E-state index contributed by atoms with van der Waals surface area (Å²) >= 11 is 0. The summed E-state index contributed by atoms with van der Waals surface area (Å²) in [5.41, 5.74) is 1.23. The van der Waals surface area contributed by atoms with Crippen molar-refractivity contribution in [2.24, 2.45) is 0 Å². The van der Waals surface area contributed by atoms with Crippen molar-refractivity contribution in [2.45, 2.75) is 123 Å². The van der Waals surface area contributed by atoms with E-state index in [0.29, 0.717) is 13.2 Å². The molecule has 0 aliphatic heterocycles. The van der Waals surface area contributed by atoms with Gasteiger partial charge in [-0.3, -0.25) is 4.90 Å². The molecule has 4 heteroatoms. The van der Waals surface area contributed by atoms with E-state index in [4.69, 9.17) is 14.5 Å². The Morgan fingerprint density at radius 1 is 0.676 bits per heavy atom. The molecule has 1 aromatic rings. The zero-order chi connectivity index (χ0) is 24.5. The zero-order valence-corrected chi connectivity index (χ0v) is 22.8. The molecule has 0 aliphatic rings. The molecule has 0 fully saturated rings. The number of likely N-dealkylation sites (N-methyl/N-ethyl adjacent to an activating group) is 1. The number of hydrogen-bond acceptors (Lipinski definition) is 4. The average molecular weight is 478 g/mol. The molecular formula is C30H55NO3. The number of nitrogens with zero attached hydrogens (tertiary/aromatic N) is 1. The first-order chi connectivity index (χ1) is 16.8. The minimum Gasteiger partial charge on any atom is -0.375 e. The maximum atomic E-state index is 5.92. The molecule has 0 spiro atoms. The minimum atomic E-state index is 0.252. The van der Waals surface area contributed by atoms with Crippen LogP contribution in [0.5, 0.6) is 0 Å². The van der Waals surface area contributed by atoms with E-state index in [-0.39, 0.29) is 6.10 Å². The smallest absolute Gasteiger partial charge is 0.0949 e. The summed E-state index contributed by atoms with van der Waals surface area (Å²) in [5.74, 6) is 0. The van der Waals surface area contributed by atoms with Crippen molar-refractivity contribution in [3.8, 4) is 0 Å². The minimum absolute atomic E-state index is 0.252. The van der Waals surface area contributed by atoms with E-state index in [1.54, 1.807) is 0 Å². The van der Waals surface area contributed by atoms with Crippen LogP contribution in [0.4, 0.5) is 0 Å². The van der Waals surface area contributed by atoms with E-state index >= 15 is 0 Å². The molecule has 0 amide bonds. The fourth-order valence-corrected chi connectivity index (χ4v) is 4.24. The van der Waals surface area contributed by atoms with Gasteiger partial charge in [-0.15, -0.1) is 0 Å². The molecular weight excluding hydrogens is 422 g/mol. The highest BCUT2D eigenvalue weighted by Crippen LogP contribution is 2.17. The molecule has 0 bridgehead atoms. The third-order valence-corrected chi connectivity index (χ3v) is 6.56. The lowest BCUT2D eigenvalue weighted by Crippen LogP contribution is -2.31. The van der Waals surface area contributed by atoms with Crippen molar-refractivity contribution in [3.05, 3.63) is 35.9 Å². The molecule has 0 saturated heterocycles. The second-order valence-corrected chi connectivity index (χ2v) is 9.63. The van der Waals surface area contributed by atoms with Gasteiger partial charge in [0.2, 0.25) is 0 Å². The van der Waals surface area contributed by atoms with Gasteiger partial charge in [-0.1, -0.05) is 128 Å². The lowest BCUT2D eigenvalue weighted by molar-refractivity contribution is -0.327. The average Bonchev–Trinajstić information content (AvgIpc) is 2.87. The predicted octanol–water partition coefficient (Wildman–Crippen LogP) is 8.34. The normalized spacial score (nSPS) is 11.7. The molecule has 0 aliphatic carbocycles. The van der Waals surface area contributed by atoms with Gasteiger partial charge in [-0.2, -0.15) is 0 Å². The van der Waals surface area contributed by atoms with Crippen LogP contribution in [0.3, 0.4) is 0 Å². The highest BCUT2D eigenvalue weighted by atomic mass is 17.2. The van der Waals surface area contributed by atoms with Gasteiger partial charge in [0.25, 0.3) is 0 Å². The molecule has 198 valence electrons. The maximum absolute atomic E-state index is 5.92. The van der Waals surface area contributed by atoms with E-state index in [1.165, 1.54) is 82.6 Å². The van der Waals surface area contributed by atoms with Crippen LogP contribution in [-0.4, -0.2) is 43.9 Å². The molecule has 0 radical (unpaired) electrons. The van der Waals surface area contributed by atoms with Crippen molar-refractivity contribution in [1.29, 1.82) is 0 Å². The Labute approximate surface area is 211 Å². The first-order valence-electron chi connectivity index (χ1n) is 14.4. The second-order valence-electron chi connectivity index (χ2n) is 9.63. The molecule has 0 N–H and O–H groups in total. The summed E-state index contributed by atoms with van der Waals surface area (Å²) in [6.07, 6.45) is 18.5. The Bertz CT molecular complexity index is 509. The first kappa shape index (κ1) is 31.1. The molecule has 34 heavy (non-hydrogen) atoms. The lowest BCUT2D eigenvalue weighted by atomic mass is 10.0. The SMILES string of the molecule is CCCCCCCCC(CCCCCCCC)OOCCN(CC)CCOCc1ccccc1. The van der Waals surface area contributed by atoms with Gasteiger partial charge in [0.05, 0.1) is 25.9 Å².